The van der Waals surface area contributed by atoms with Gasteiger partial charge in [-0.05, 0) is 38.0 Å². The molecular weight excluding hydrogens is 360 g/mol. The van der Waals surface area contributed by atoms with Gasteiger partial charge in [0.2, 0.25) is 11.8 Å². The fourth-order valence-electron chi connectivity index (χ4n) is 3.39. The van der Waals surface area contributed by atoms with Crippen molar-refractivity contribution in [2.45, 2.75) is 39.3 Å². The van der Waals surface area contributed by atoms with Gasteiger partial charge in [-0.2, -0.15) is 5.10 Å². The van der Waals surface area contributed by atoms with Crippen LogP contribution in [-0.2, 0) is 22.6 Å². The van der Waals surface area contributed by atoms with Gasteiger partial charge in [0, 0.05) is 19.0 Å². The second-order valence-electron chi connectivity index (χ2n) is 6.79. The number of ether oxygens (including phenoxy) is 2. The van der Waals surface area contributed by atoms with Gasteiger partial charge in [-0.25, -0.2) is 4.68 Å². The monoisotopic (exact) mass is 386 g/mol. The number of amides is 2. The first-order valence-electron chi connectivity index (χ1n) is 9.29. The van der Waals surface area contributed by atoms with Crippen molar-refractivity contribution in [2.24, 2.45) is 0 Å². The number of carbonyl (C=O) groups excluding carboxylic acids is 2. The van der Waals surface area contributed by atoms with Crippen LogP contribution in [0.1, 0.15) is 24.6 Å². The molecule has 28 heavy (non-hydrogen) atoms. The van der Waals surface area contributed by atoms with Crippen LogP contribution in [0.15, 0.2) is 24.3 Å². The number of benzene rings is 1. The van der Waals surface area contributed by atoms with Gasteiger partial charge in [-0.15, -0.1) is 0 Å². The molecule has 0 unspecified atom stereocenters. The molecule has 0 radical (unpaired) electrons. The predicted molar refractivity (Wildman–Crippen MR) is 105 cm³/mol. The Kier molecular flexibility index (Phi) is 5.87. The van der Waals surface area contributed by atoms with Gasteiger partial charge >= 0.3 is 0 Å². The fraction of sp³-hybridized carbons (Fsp3) is 0.450. The highest BCUT2D eigenvalue weighted by Crippen LogP contribution is 2.28. The molecule has 0 bridgehead atoms. The van der Waals surface area contributed by atoms with E-state index in [1.54, 1.807) is 25.8 Å². The zero-order valence-electron chi connectivity index (χ0n) is 16.7. The van der Waals surface area contributed by atoms with Gasteiger partial charge < -0.3 is 14.8 Å². The molecule has 8 heteroatoms. The summed E-state index contributed by atoms with van der Waals surface area (Å²) in [7, 11) is 3.18. The van der Waals surface area contributed by atoms with Crippen molar-refractivity contribution < 1.29 is 19.1 Å². The number of hydrogen-bond donors (Lipinski definition) is 1. The van der Waals surface area contributed by atoms with Crippen LogP contribution in [-0.4, -0.2) is 48.4 Å². The molecule has 150 valence electrons. The first-order valence-corrected chi connectivity index (χ1v) is 9.29. The lowest BCUT2D eigenvalue weighted by Crippen LogP contribution is -2.51. The summed E-state index contributed by atoms with van der Waals surface area (Å²) in [5.74, 6) is 1.74. The maximum Gasteiger partial charge on any atom is 0.242 e. The van der Waals surface area contributed by atoms with Crippen LogP contribution in [0.2, 0.25) is 0 Å². The lowest BCUT2D eigenvalue weighted by molar-refractivity contribution is -0.126. The van der Waals surface area contributed by atoms with Gasteiger partial charge in [0.25, 0.3) is 0 Å². The van der Waals surface area contributed by atoms with Crippen LogP contribution < -0.4 is 19.7 Å². The summed E-state index contributed by atoms with van der Waals surface area (Å²) in [5.41, 5.74) is 1.85. The summed E-state index contributed by atoms with van der Waals surface area (Å²) in [6, 6.07) is 6.91. The predicted octanol–water partition coefficient (Wildman–Crippen LogP) is 1.69. The number of carbonyl (C=O) groups is 2. The second kappa shape index (κ2) is 8.33. The Morgan fingerprint density at radius 1 is 1.25 bits per heavy atom. The fourth-order valence-corrected chi connectivity index (χ4v) is 3.39. The van der Waals surface area contributed by atoms with E-state index in [2.05, 4.69) is 10.4 Å². The number of aryl methyl sites for hydroxylation is 2. The molecule has 2 amide bonds. The number of nitrogens with zero attached hydrogens (tertiary/aromatic N) is 3. The van der Waals surface area contributed by atoms with E-state index in [4.69, 9.17) is 9.47 Å². The van der Waals surface area contributed by atoms with E-state index in [1.165, 1.54) is 4.90 Å². The van der Waals surface area contributed by atoms with Crippen LogP contribution in [0.3, 0.4) is 0 Å². The van der Waals surface area contributed by atoms with Crippen molar-refractivity contribution >= 4 is 17.6 Å². The van der Waals surface area contributed by atoms with E-state index in [0.29, 0.717) is 43.2 Å². The summed E-state index contributed by atoms with van der Waals surface area (Å²) < 4.78 is 12.3. The molecule has 1 aliphatic heterocycles. The van der Waals surface area contributed by atoms with E-state index in [9.17, 15) is 9.59 Å². The highest BCUT2D eigenvalue weighted by Gasteiger charge is 2.32. The number of rotatable bonds is 7. The molecule has 1 aliphatic rings. The van der Waals surface area contributed by atoms with Crippen LogP contribution in [0.5, 0.6) is 11.5 Å². The van der Waals surface area contributed by atoms with E-state index in [1.807, 2.05) is 31.2 Å². The van der Waals surface area contributed by atoms with Crippen LogP contribution in [0.4, 0.5) is 5.82 Å². The zero-order valence-corrected chi connectivity index (χ0v) is 16.7. The third kappa shape index (κ3) is 3.95. The van der Waals surface area contributed by atoms with Crippen molar-refractivity contribution in [3.05, 3.63) is 35.5 Å². The lowest BCUT2D eigenvalue weighted by atomic mass is 10.1. The normalized spacial score (nSPS) is 14.4. The second-order valence-corrected chi connectivity index (χ2v) is 6.79. The summed E-state index contributed by atoms with van der Waals surface area (Å²) in [6.07, 6.45) is 0.987. The lowest BCUT2D eigenvalue weighted by Gasteiger charge is -2.31. The number of methoxy groups -OCH3 is 2. The quantitative estimate of drug-likeness (QED) is 0.783. The molecule has 0 spiro atoms. The third-order valence-corrected chi connectivity index (χ3v) is 4.86. The number of nitrogens with one attached hydrogen (secondary N) is 1. The molecule has 3 rings (SSSR count). The molecule has 0 aliphatic carbocycles. The highest BCUT2D eigenvalue weighted by molar-refractivity contribution is 6.00. The van der Waals surface area contributed by atoms with E-state index >= 15 is 0 Å². The Bertz CT molecular complexity index is 877. The number of anilines is 1. The standard InChI is InChI=1S/C20H26N4O4/c1-13-11-18-23(22-13)10-8-19(25)24(18)14(2)20(26)21-9-7-15-5-6-16(27-3)17(12-15)28-4/h5-6,11-12,14H,7-10H2,1-4H3,(H,21,26)/t14-/m0/s1. The average molecular weight is 386 g/mol. The molecule has 0 saturated heterocycles. The summed E-state index contributed by atoms with van der Waals surface area (Å²) >= 11 is 0. The van der Waals surface area contributed by atoms with Crippen molar-refractivity contribution in [3.63, 3.8) is 0 Å². The van der Waals surface area contributed by atoms with E-state index < -0.39 is 6.04 Å². The molecule has 0 saturated carbocycles. The van der Waals surface area contributed by atoms with Gasteiger partial charge in [0.05, 0.1) is 26.5 Å². The molecule has 1 aromatic heterocycles. The molecular formula is C20H26N4O4. The van der Waals surface area contributed by atoms with Crippen LogP contribution in [0, 0.1) is 6.92 Å². The number of fused-ring (bicyclic) bond motifs is 1. The van der Waals surface area contributed by atoms with E-state index in [0.717, 1.165) is 11.3 Å². The largest absolute Gasteiger partial charge is 0.493 e. The van der Waals surface area contributed by atoms with Crippen molar-refractivity contribution in [1.29, 1.82) is 0 Å². The minimum atomic E-state index is -0.604. The smallest absolute Gasteiger partial charge is 0.242 e. The maximum absolute atomic E-state index is 12.6. The number of aromatic nitrogens is 2. The molecule has 2 aromatic rings. The Morgan fingerprint density at radius 2 is 2.00 bits per heavy atom. The average Bonchev–Trinajstić information content (AvgIpc) is 3.07. The summed E-state index contributed by atoms with van der Waals surface area (Å²) in [4.78, 5) is 26.6. The topological polar surface area (TPSA) is 85.7 Å². The minimum Gasteiger partial charge on any atom is -0.493 e. The zero-order chi connectivity index (χ0) is 20.3. The Morgan fingerprint density at radius 3 is 2.71 bits per heavy atom. The molecule has 2 heterocycles. The first kappa shape index (κ1) is 19.7. The van der Waals surface area contributed by atoms with Gasteiger partial charge in [0.15, 0.2) is 11.5 Å². The molecule has 0 fully saturated rings. The summed E-state index contributed by atoms with van der Waals surface area (Å²) in [5, 5.41) is 7.30. The van der Waals surface area contributed by atoms with Gasteiger partial charge in [0.1, 0.15) is 11.9 Å². The number of hydrogen-bond acceptors (Lipinski definition) is 5. The van der Waals surface area contributed by atoms with Gasteiger partial charge in [-0.1, -0.05) is 6.07 Å². The van der Waals surface area contributed by atoms with Crippen LogP contribution in [0.25, 0.3) is 0 Å². The van der Waals surface area contributed by atoms with Crippen molar-refractivity contribution in [1.82, 2.24) is 15.1 Å². The molecule has 8 nitrogen and oxygen atoms in total. The summed E-state index contributed by atoms with van der Waals surface area (Å²) in [6.45, 7) is 4.62. The van der Waals surface area contributed by atoms with Gasteiger partial charge in [-0.3, -0.25) is 14.5 Å². The van der Waals surface area contributed by atoms with Crippen molar-refractivity contribution in [3.8, 4) is 11.5 Å². The Labute approximate surface area is 164 Å². The van der Waals surface area contributed by atoms with Crippen molar-refractivity contribution in [2.75, 3.05) is 25.7 Å². The Balaban J connectivity index is 1.61. The first-order chi connectivity index (χ1) is 13.4. The molecule has 1 N–H and O–H groups in total. The molecule has 1 aromatic carbocycles. The third-order valence-electron chi connectivity index (χ3n) is 4.86. The maximum atomic E-state index is 12.6. The Hall–Kier alpha value is -3.03. The van der Waals surface area contributed by atoms with Crippen LogP contribution >= 0.6 is 0 Å². The highest BCUT2D eigenvalue weighted by atomic mass is 16.5. The SMILES string of the molecule is COc1ccc(CCNC(=O)[C@H](C)N2C(=O)CCn3nc(C)cc32)cc1OC. The minimum absolute atomic E-state index is 0.0602. The molecule has 1 atom stereocenters. The van der Waals surface area contributed by atoms with E-state index in [-0.39, 0.29) is 11.8 Å².